The molecule has 0 fully saturated rings. The molecule has 0 spiro atoms. The van der Waals surface area contributed by atoms with E-state index in [1.165, 1.54) is 11.1 Å². The molecule has 0 heterocycles. The zero-order valence-electron chi connectivity index (χ0n) is 15.0. The van der Waals surface area contributed by atoms with E-state index in [1.807, 2.05) is 12.2 Å². The molecule has 0 aliphatic rings. The molecule has 2 aromatic rings. The molecule has 0 amide bonds. The van der Waals surface area contributed by atoms with Crippen molar-refractivity contribution < 1.29 is 4.65 Å². The summed E-state index contributed by atoms with van der Waals surface area (Å²) in [6.45, 7) is 8.55. The van der Waals surface area contributed by atoms with Crippen LogP contribution in [0.25, 0.3) is 0 Å². The van der Waals surface area contributed by atoms with Gasteiger partial charge in [-0.25, -0.2) is 0 Å². The van der Waals surface area contributed by atoms with Crippen molar-refractivity contribution in [1.29, 1.82) is 0 Å². The number of benzene rings is 2. The number of nitrogens with two attached hydrogens (primary N) is 1. The van der Waals surface area contributed by atoms with Crippen molar-refractivity contribution in [2.75, 3.05) is 13.2 Å². The second kappa shape index (κ2) is 10.7. The van der Waals surface area contributed by atoms with Crippen LogP contribution in [-0.4, -0.2) is 20.1 Å². The predicted molar refractivity (Wildman–Crippen MR) is 110 cm³/mol. The molecule has 2 nitrogen and oxygen atoms in total. The Morgan fingerprint density at radius 2 is 1.24 bits per heavy atom. The first-order chi connectivity index (χ1) is 12.3. The monoisotopic (exact) mass is 333 g/mol. The van der Waals surface area contributed by atoms with E-state index in [1.54, 1.807) is 0 Å². The molecule has 0 atom stereocenters. The van der Waals surface area contributed by atoms with E-state index in [9.17, 15) is 0 Å². The topological polar surface area (TPSA) is 35.2 Å². The van der Waals surface area contributed by atoms with E-state index >= 15 is 0 Å². The lowest BCUT2D eigenvalue weighted by atomic mass is 9.55. The Morgan fingerprint density at radius 3 is 1.60 bits per heavy atom. The van der Waals surface area contributed by atoms with Gasteiger partial charge in [0.05, 0.1) is 0 Å². The molecule has 130 valence electrons. The third-order valence-corrected chi connectivity index (χ3v) is 4.24. The molecule has 0 radical (unpaired) electrons. The van der Waals surface area contributed by atoms with Gasteiger partial charge in [-0.1, -0.05) is 60.7 Å². The van der Waals surface area contributed by atoms with Crippen molar-refractivity contribution >= 4 is 17.8 Å². The second-order valence-corrected chi connectivity index (χ2v) is 6.18. The molecule has 3 heteroatoms. The third kappa shape index (κ3) is 6.04. The molecular formula is C22H28BNO. The maximum atomic E-state index is 6.05. The fourth-order valence-corrected chi connectivity index (χ4v) is 2.83. The van der Waals surface area contributed by atoms with Gasteiger partial charge in [0.15, 0.2) is 0 Å². The average Bonchev–Trinajstić information content (AvgIpc) is 2.67. The van der Waals surface area contributed by atoms with Gasteiger partial charge in [0.25, 0.3) is 0 Å². The molecule has 0 aliphatic carbocycles. The van der Waals surface area contributed by atoms with Gasteiger partial charge >= 0.3 is 6.92 Å². The van der Waals surface area contributed by atoms with Crippen LogP contribution in [0.5, 0.6) is 0 Å². The van der Waals surface area contributed by atoms with Gasteiger partial charge in [-0.3, -0.25) is 0 Å². The van der Waals surface area contributed by atoms with E-state index in [-0.39, 0.29) is 6.92 Å². The molecule has 2 aromatic carbocycles. The summed E-state index contributed by atoms with van der Waals surface area (Å²) in [6.07, 6.45) is 7.95. The van der Waals surface area contributed by atoms with Crippen molar-refractivity contribution in [2.24, 2.45) is 5.73 Å². The number of aryl methyl sites for hydroxylation is 2. The number of allylic oxidation sites excluding steroid dienone is 2. The lowest BCUT2D eigenvalue weighted by molar-refractivity contribution is 0.344. The van der Waals surface area contributed by atoms with Gasteiger partial charge in [-0.2, -0.15) is 0 Å². The van der Waals surface area contributed by atoms with Crippen LogP contribution in [0, 0.1) is 0 Å². The standard InChI is InChI=1S/C22H28BNO/c1-3-5-7-19-9-13-21(14-10-19)23(25-18-17-24)22-15-11-20(12-16-22)8-6-4-2/h3-4,9-16H,1-2,5-8,17-18,24H2. The molecule has 25 heavy (non-hydrogen) atoms. The summed E-state index contributed by atoms with van der Waals surface area (Å²) in [5.74, 6) is 0. The second-order valence-electron chi connectivity index (χ2n) is 6.18. The van der Waals surface area contributed by atoms with Crippen LogP contribution in [0.2, 0.25) is 0 Å². The third-order valence-electron chi connectivity index (χ3n) is 4.24. The Hall–Kier alpha value is -2.10. The SMILES string of the molecule is C=CCCc1ccc(B(OCCN)c2ccc(CCC=C)cc2)cc1. The largest absolute Gasteiger partial charge is 0.426 e. The van der Waals surface area contributed by atoms with Crippen molar-refractivity contribution in [3.63, 3.8) is 0 Å². The Kier molecular flexibility index (Phi) is 8.23. The highest BCUT2D eigenvalue weighted by atomic mass is 16.4. The van der Waals surface area contributed by atoms with Crippen LogP contribution in [0.4, 0.5) is 0 Å². The van der Waals surface area contributed by atoms with Crippen molar-refractivity contribution in [3.8, 4) is 0 Å². The Balaban J connectivity index is 2.17. The maximum absolute atomic E-state index is 6.05. The van der Waals surface area contributed by atoms with Gasteiger partial charge in [0, 0.05) is 13.2 Å². The summed E-state index contributed by atoms with van der Waals surface area (Å²) in [6, 6.07) is 17.3. The number of hydrogen-bond donors (Lipinski definition) is 1. The zero-order chi connectivity index (χ0) is 17.9. The molecule has 2 rings (SSSR count). The van der Waals surface area contributed by atoms with Gasteiger partial charge in [0.2, 0.25) is 0 Å². The van der Waals surface area contributed by atoms with Crippen LogP contribution >= 0.6 is 0 Å². The first-order valence-electron chi connectivity index (χ1n) is 8.99. The fraction of sp³-hybridized carbons (Fsp3) is 0.273. The van der Waals surface area contributed by atoms with Crippen LogP contribution in [-0.2, 0) is 17.5 Å². The fourth-order valence-electron chi connectivity index (χ4n) is 2.83. The molecule has 2 N–H and O–H groups in total. The highest BCUT2D eigenvalue weighted by Gasteiger charge is 2.21. The highest BCUT2D eigenvalue weighted by Crippen LogP contribution is 2.05. The Morgan fingerprint density at radius 1 is 0.800 bits per heavy atom. The summed E-state index contributed by atoms with van der Waals surface area (Å²) in [5.41, 5.74) is 10.6. The summed E-state index contributed by atoms with van der Waals surface area (Å²) in [7, 11) is 0. The summed E-state index contributed by atoms with van der Waals surface area (Å²) in [5, 5.41) is 0. The minimum Gasteiger partial charge on any atom is -0.426 e. The average molecular weight is 333 g/mol. The van der Waals surface area contributed by atoms with Gasteiger partial charge in [-0.05, 0) is 47.7 Å². The molecule has 0 saturated carbocycles. The lowest BCUT2D eigenvalue weighted by Crippen LogP contribution is -2.45. The lowest BCUT2D eigenvalue weighted by Gasteiger charge is -2.16. The highest BCUT2D eigenvalue weighted by molar-refractivity contribution is 6.80. The first-order valence-corrected chi connectivity index (χ1v) is 8.99. The van der Waals surface area contributed by atoms with Crippen LogP contribution in [0.15, 0.2) is 73.8 Å². The Bertz CT molecular complexity index is 593. The van der Waals surface area contributed by atoms with E-state index in [0.717, 1.165) is 36.6 Å². The zero-order valence-corrected chi connectivity index (χ0v) is 15.0. The quantitative estimate of drug-likeness (QED) is 0.507. The normalized spacial score (nSPS) is 10.4. The minimum atomic E-state index is -0.0783. The van der Waals surface area contributed by atoms with Crippen LogP contribution < -0.4 is 16.7 Å². The van der Waals surface area contributed by atoms with Crippen molar-refractivity contribution in [2.45, 2.75) is 25.7 Å². The Labute approximate surface area is 152 Å². The van der Waals surface area contributed by atoms with Gasteiger partial charge in [-0.15, -0.1) is 13.2 Å². The van der Waals surface area contributed by atoms with Crippen molar-refractivity contribution in [1.82, 2.24) is 0 Å². The summed E-state index contributed by atoms with van der Waals surface area (Å²) < 4.78 is 6.05. The maximum Gasteiger partial charge on any atom is 0.361 e. The predicted octanol–water partition coefficient (Wildman–Crippen LogP) is 3.00. The van der Waals surface area contributed by atoms with E-state index in [4.69, 9.17) is 10.4 Å². The molecule has 0 unspecified atom stereocenters. The van der Waals surface area contributed by atoms with Gasteiger partial charge in [0.1, 0.15) is 0 Å². The minimum absolute atomic E-state index is 0.0783. The molecular weight excluding hydrogens is 305 g/mol. The van der Waals surface area contributed by atoms with Crippen molar-refractivity contribution in [3.05, 3.63) is 85.0 Å². The smallest absolute Gasteiger partial charge is 0.361 e. The van der Waals surface area contributed by atoms with E-state index in [0.29, 0.717) is 13.2 Å². The molecule has 0 saturated heterocycles. The van der Waals surface area contributed by atoms with Crippen LogP contribution in [0.3, 0.4) is 0 Å². The summed E-state index contributed by atoms with van der Waals surface area (Å²) >= 11 is 0. The number of rotatable bonds is 11. The first kappa shape index (κ1) is 19.2. The van der Waals surface area contributed by atoms with Crippen LogP contribution in [0.1, 0.15) is 24.0 Å². The molecule has 0 aliphatic heterocycles. The van der Waals surface area contributed by atoms with E-state index < -0.39 is 0 Å². The summed E-state index contributed by atoms with van der Waals surface area (Å²) in [4.78, 5) is 0. The molecule has 0 bridgehead atoms. The number of hydrogen-bond acceptors (Lipinski definition) is 2. The van der Waals surface area contributed by atoms with E-state index in [2.05, 4.69) is 61.7 Å². The van der Waals surface area contributed by atoms with Gasteiger partial charge < -0.3 is 10.4 Å². The molecule has 0 aromatic heterocycles.